The average Bonchev–Trinajstić information content (AvgIpc) is 2.06. The van der Waals surface area contributed by atoms with Crippen molar-refractivity contribution < 1.29 is 0 Å². The highest BCUT2D eigenvalue weighted by Gasteiger charge is 2.00. The number of aromatic amines is 1. The Balaban J connectivity index is 2.95. The molecule has 2 rings (SSSR count). The summed E-state index contributed by atoms with van der Waals surface area (Å²) in [5.41, 5.74) is 1.27. The maximum absolute atomic E-state index is 11.0. The van der Waals surface area contributed by atoms with E-state index in [4.69, 9.17) is 0 Å². The molecular weight excluding hydrogens is 232 g/mol. The van der Waals surface area contributed by atoms with E-state index >= 15 is 0 Å². The van der Waals surface area contributed by atoms with E-state index in [0.717, 1.165) is 21.1 Å². The number of H-pyrrole nitrogens is 1. The van der Waals surface area contributed by atoms with Gasteiger partial charge in [0.25, 0.3) is 0 Å². The SMILES string of the molecule is Cc1[nH]c(=O)nc2ccc(Br)cc12. The number of nitrogens with zero attached hydrogens (tertiary/aromatic N) is 1. The van der Waals surface area contributed by atoms with Crippen molar-refractivity contribution in [3.8, 4) is 0 Å². The van der Waals surface area contributed by atoms with Gasteiger partial charge in [-0.15, -0.1) is 0 Å². The number of rotatable bonds is 0. The number of halogens is 1. The Bertz CT molecular complexity index is 518. The summed E-state index contributed by atoms with van der Waals surface area (Å²) in [4.78, 5) is 17.5. The van der Waals surface area contributed by atoms with Gasteiger partial charge in [0.05, 0.1) is 5.52 Å². The molecule has 0 radical (unpaired) electrons. The minimum Gasteiger partial charge on any atom is -0.309 e. The van der Waals surface area contributed by atoms with E-state index in [9.17, 15) is 4.79 Å². The molecule has 3 nitrogen and oxygen atoms in total. The van der Waals surface area contributed by atoms with Crippen molar-refractivity contribution in [1.82, 2.24) is 9.97 Å². The largest absolute Gasteiger partial charge is 0.345 e. The summed E-state index contributed by atoms with van der Waals surface area (Å²) in [5.74, 6) is 0. The Morgan fingerprint density at radius 1 is 1.46 bits per heavy atom. The highest BCUT2D eigenvalue weighted by Crippen LogP contribution is 2.18. The van der Waals surface area contributed by atoms with Crippen LogP contribution in [0.15, 0.2) is 27.5 Å². The number of nitrogens with one attached hydrogen (secondary N) is 1. The van der Waals surface area contributed by atoms with Crippen molar-refractivity contribution in [2.24, 2.45) is 0 Å². The first-order valence-corrected chi connectivity index (χ1v) is 4.62. The zero-order valence-corrected chi connectivity index (χ0v) is 8.55. The fraction of sp³-hybridized carbons (Fsp3) is 0.111. The Hall–Kier alpha value is -1.16. The minimum atomic E-state index is -0.299. The van der Waals surface area contributed by atoms with E-state index in [2.05, 4.69) is 25.9 Å². The summed E-state index contributed by atoms with van der Waals surface area (Å²) in [5, 5.41) is 0.967. The molecule has 4 heteroatoms. The third-order valence-electron chi connectivity index (χ3n) is 1.88. The lowest BCUT2D eigenvalue weighted by Gasteiger charge is -2.00. The van der Waals surface area contributed by atoms with E-state index in [1.54, 1.807) is 0 Å². The zero-order chi connectivity index (χ0) is 9.42. The molecule has 1 aromatic carbocycles. The van der Waals surface area contributed by atoms with E-state index in [0.29, 0.717) is 0 Å². The maximum atomic E-state index is 11.0. The van der Waals surface area contributed by atoms with Crippen LogP contribution in [0.5, 0.6) is 0 Å². The molecule has 0 atom stereocenters. The predicted molar refractivity (Wildman–Crippen MR) is 54.8 cm³/mol. The van der Waals surface area contributed by atoms with Gasteiger partial charge in [0.2, 0.25) is 0 Å². The summed E-state index contributed by atoms with van der Waals surface area (Å²) in [6, 6.07) is 5.63. The third kappa shape index (κ3) is 1.49. The van der Waals surface area contributed by atoms with E-state index in [1.807, 2.05) is 25.1 Å². The van der Waals surface area contributed by atoms with Crippen LogP contribution < -0.4 is 5.69 Å². The van der Waals surface area contributed by atoms with Crippen LogP contribution >= 0.6 is 15.9 Å². The van der Waals surface area contributed by atoms with Gasteiger partial charge in [-0.1, -0.05) is 15.9 Å². The third-order valence-corrected chi connectivity index (χ3v) is 2.37. The van der Waals surface area contributed by atoms with Gasteiger partial charge in [0.15, 0.2) is 0 Å². The molecule has 0 unspecified atom stereocenters. The molecule has 66 valence electrons. The fourth-order valence-electron chi connectivity index (χ4n) is 1.27. The van der Waals surface area contributed by atoms with Crippen molar-refractivity contribution in [2.45, 2.75) is 6.92 Å². The Labute approximate surface area is 82.9 Å². The van der Waals surface area contributed by atoms with Gasteiger partial charge in [-0.3, -0.25) is 0 Å². The van der Waals surface area contributed by atoms with E-state index < -0.39 is 0 Å². The van der Waals surface area contributed by atoms with Gasteiger partial charge in [-0.25, -0.2) is 4.79 Å². The van der Waals surface area contributed by atoms with Crippen LogP contribution in [0.1, 0.15) is 5.69 Å². The van der Waals surface area contributed by atoms with Crippen molar-refractivity contribution in [1.29, 1.82) is 0 Å². The molecule has 1 aromatic heterocycles. The summed E-state index contributed by atoms with van der Waals surface area (Å²) in [6.45, 7) is 1.86. The van der Waals surface area contributed by atoms with Crippen LogP contribution in [0.25, 0.3) is 10.9 Å². The van der Waals surface area contributed by atoms with Crippen molar-refractivity contribution >= 4 is 26.8 Å². The number of hydrogen-bond donors (Lipinski definition) is 1. The molecule has 0 aliphatic carbocycles. The van der Waals surface area contributed by atoms with Gasteiger partial charge in [0, 0.05) is 15.6 Å². The second-order valence-electron chi connectivity index (χ2n) is 2.83. The monoisotopic (exact) mass is 238 g/mol. The van der Waals surface area contributed by atoms with Crippen molar-refractivity contribution in [3.05, 3.63) is 38.9 Å². The number of hydrogen-bond acceptors (Lipinski definition) is 2. The summed E-state index contributed by atoms with van der Waals surface area (Å²) in [7, 11) is 0. The molecule has 0 saturated heterocycles. The topological polar surface area (TPSA) is 45.8 Å². The molecule has 0 spiro atoms. The lowest BCUT2D eigenvalue weighted by molar-refractivity contribution is 1.07. The predicted octanol–water partition coefficient (Wildman–Crippen LogP) is 1.99. The minimum absolute atomic E-state index is 0.299. The highest BCUT2D eigenvalue weighted by atomic mass is 79.9. The summed E-state index contributed by atoms with van der Waals surface area (Å²) < 4.78 is 0.983. The molecule has 1 N–H and O–H groups in total. The molecule has 0 aliphatic heterocycles. The van der Waals surface area contributed by atoms with E-state index in [-0.39, 0.29) is 5.69 Å². The van der Waals surface area contributed by atoms with Crippen LogP contribution in [0.4, 0.5) is 0 Å². The summed E-state index contributed by atoms with van der Waals surface area (Å²) >= 11 is 3.37. The Morgan fingerprint density at radius 2 is 2.23 bits per heavy atom. The Kier molecular flexibility index (Phi) is 1.92. The van der Waals surface area contributed by atoms with Crippen LogP contribution in [-0.4, -0.2) is 9.97 Å². The maximum Gasteiger partial charge on any atom is 0.345 e. The van der Waals surface area contributed by atoms with Crippen molar-refractivity contribution in [2.75, 3.05) is 0 Å². The first kappa shape index (κ1) is 8.44. The highest BCUT2D eigenvalue weighted by molar-refractivity contribution is 9.10. The molecule has 13 heavy (non-hydrogen) atoms. The molecule has 0 amide bonds. The lowest BCUT2D eigenvalue weighted by Crippen LogP contribution is -2.11. The number of fused-ring (bicyclic) bond motifs is 1. The number of benzene rings is 1. The van der Waals surface area contributed by atoms with E-state index in [1.165, 1.54) is 0 Å². The van der Waals surface area contributed by atoms with Gasteiger partial charge in [-0.2, -0.15) is 4.98 Å². The average molecular weight is 239 g/mol. The van der Waals surface area contributed by atoms with Crippen LogP contribution in [0, 0.1) is 6.92 Å². The fourth-order valence-corrected chi connectivity index (χ4v) is 1.63. The molecule has 0 fully saturated rings. The quantitative estimate of drug-likeness (QED) is 0.764. The number of aryl methyl sites for hydroxylation is 1. The van der Waals surface area contributed by atoms with Gasteiger partial charge in [0.1, 0.15) is 0 Å². The first-order chi connectivity index (χ1) is 6.16. The molecule has 2 aromatic rings. The molecule has 0 bridgehead atoms. The van der Waals surface area contributed by atoms with Gasteiger partial charge >= 0.3 is 5.69 Å². The molecule has 0 aliphatic rings. The van der Waals surface area contributed by atoms with Crippen LogP contribution in [0.2, 0.25) is 0 Å². The smallest absolute Gasteiger partial charge is 0.309 e. The lowest BCUT2D eigenvalue weighted by atomic mass is 10.2. The normalized spacial score (nSPS) is 10.6. The zero-order valence-electron chi connectivity index (χ0n) is 6.97. The first-order valence-electron chi connectivity index (χ1n) is 3.83. The second-order valence-corrected chi connectivity index (χ2v) is 3.74. The second kappa shape index (κ2) is 2.96. The van der Waals surface area contributed by atoms with Crippen LogP contribution in [-0.2, 0) is 0 Å². The molecular formula is C9H7BrN2O. The number of aromatic nitrogens is 2. The molecule has 0 saturated carbocycles. The van der Waals surface area contributed by atoms with Gasteiger partial charge in [-0.05, 0) is 25.1 Å². The Morgan fingerprint density at radius 3 is 3.00 bits per heavy atom. The standard InChI is InChI=1S/C9H7BrN2O/c1-5-7-4-6(10)2-3-8(7)12-9(13)11-5/h2-4H,1H3,(H,11,12,13). The van der Waals surface area contributed by atoms with Gasteiger partial charge < -0.3 is 4.98 Å². The van der Waals surface area contributed by atoms with Crippen molar-refractivity contribution in [3.63, 3.8) is 0 Å². The summed E-state index contributed by atoms with van der Waals surface area (Å²) in [6.07, 6.45) is 0. The van der Waals surface area contributed by atoms with Crippen LogP contribution in [0.3, 0.4) is 0 Å². The molecule has 1 heterocycles.